The van der Waals surface area contributed by atoms with Crippen molar-refractivity contribution in [3.8, 4) is 5.75 Å². The SMILES string of the molecule is COc1ccc(CNC(=O)c2c(N)n(N=Cc3cccc(Br)c3)c3nc4ccccc4nc23)cc1. The Bertz CT molecular complexity index is 1580. The number of aromatic nitrogens is 3. The fourth-order valence-electron chi connectivity index (χ4n) is 3.71. The summed E-state index contributed by atoms with van der Waals surface area (Å²) < 4.78 is 7.57. The van der Waals surface area contributed by atoms with E-state index in [-0.39, 0.29) is 17.3 Å². The molecule has 3 N–H and O–H groups in total. The lowest BCUT2D eigenvalue weighted by atomic mass is 10.2. The van der Waals surface area contributed by atoms with E-state index in [9.17, 15) is 4.79 Å². The molecule has 0 aliphatic rings. The molecule has 5 rings (SSSR count). The number of halogens is 1. The minimum atomic E-state index is -0.357. The Balaban J connectivity index is 1.55. The molecule has 0 unspecified atom stereocenters. The average Bonchev–Trinajstić information content (AvgIpc) is 3.15. The maximum atomic E-state index is 13.3. The van der Waals surface area contributed by atoms with Gasteiger partial charge in [-0.25, -0.2) is 9.97 Å². The van der Waals surface area contributed by atoms with E-state index in [0.29, 0.717) is 28.7 Å². The van der Waals surface area contributed by atoms with Crippen molar-refractivity contribution < 1.29 is 9.53 Å². The van der Waals surface area contributed by atoms with Crippen LogP contribution in [0.5, 0.6) is 5.75 Å². The van der Waals surface area contributed by atoms with Gasteiger partial charge in [-0.05, 0) is 47.5 Å². The van der Waals surface area contributed by atoms with Gasteiger partial charge in [0.1, 0.15) is 22.6 Å². The number of fused-ring (bicyclic) bond motifs is 2. The number of amides is 1. The molecule has 0 radical (unpaired) electrons. The lowest BCUT2D eigenvalue weighted by Gasteiger charge is -2.06. The van der Waals surface area contributed by atoms with Gasteiger partial charge in [-0.2, -0.15) is 9.78 Å². The molecule has 0 aliphatic carbocycles. The van der Waals surface area contributed by atoms with E-state index in [0.717, 1.165) is 21.3 Å². The summed E-state index contributed by atoms with van der Waals surface area (Å²) in [5.74, 6) is 0.552. The summed E-state index contributed by atoms with van der Waals surface area (Å²) in [7, 11) is 1.61. The van der Waals surface area contributed by atoms with Crippen LogP contribution in [0.25, 0.3) is 22.2 Å². The van der Waals surface area contributed by atoms with E-state index in [2.05, 4.69) is 26.3 Å². The summed E-state index contributed by atoms with van der Waals surface area (Å²) in [5.41, 5.74) is 10.6. The van der Waals surface area contributed by atoms with Crippen molar-refractivity contribution in [2.75, 3.05) is 12.8 Å². The predicted octanol–water partition coefficient (Wildman–Crippen LogP) is 4.75. The number of nitrogens with two attached hydrogens (primary N) is 1. The standard InChI is InChI=1S/C26H21BrN6O2/c1-35-19-11-9-16(10-12-19)14-29-26(34)22-23-25(32-21-8-3-2-7-20(21)31-23)33(24(22)28)30-15-17-5-4-6-18(27)13-17/h2-13,15H,14,28H2,1H3,(H,29,34). The highest BCUT2D eigenvalue weighted by Gasteiger charge is 2.24. The molecule has 3 aromatic carbocycles. The van der Waals surface area contributed by atoms with Gasteiger partial charge in [0.05, 0.1) is 24.4 Å². The number of nitrogens with zero attached hydrogens (tertiary/aromatic N) is 4. The number of carbonyl (C=O) groups is 1. The maximum Gasteiger partial charge on any atom is 0.257 e. The number of para-hydroxylation sites is 2. The Kier molecular flexibility index (Phi) is 6.15. The van der Waals surface area contributed by atoms with E-state index in [1.54, 1.807) is 13.3 Å². The number of nitrogens with one attached hydrogen (secondary N) is 1. The molecule has 1 amide bonds. The van der Waals surface area contributed by atoms with Gasteiger partial charge >= 0.3 is 0 Å². The minimum absolute atomic E-state index is 0.161. The number of ether oxygens (including phenoxy) is 1. The topological polar surface area (TPSA) is 107 Å². The Hall–Kier alpha value is -4.24. The summed E-state index contributed by atoms with van der Waals surface area (Å²) >= 11 is 3.46. The zero-order valence-electron chi connectivity index (χ0n) is 18.8. The number of nitrogen functional groups attached to an aromatic ring is 1. The van der Waals surface area contributed by atoms with E-state index in [1.165, 1.54) is 4.68 Å². The quantitative estimate of drug-likeness (QED) is 0.309. The van der Waals surface area contributed by atoms with Crippen molar-refractivity contribution >= 4 is 56.1 Å². The highest BCUT2D eigenvalue weighted by Crippen LogP contribution is 2.28. The van der Waals surface area contributed by atoms with Crippen LogP contribution in [-0.4, -0.2) is 33.9 Å². The van der Waals surface area contributed by atoms with Crippen LogP contribution in [0.1, 0.15) is 21.5 Å². The number of hydrogen-bond acceptors (Lipinski definition) is 6. The molecule has 0 fully saturated rings. The Morgan fingerprint density at radius 2 is 1.83 bits per heavy atom. The van der Waals surface area contributed by atoms with Crippen LogP contribution in [-0.2, 0) is 6.54 Å². The highest BCUT2D eigenvalue weighted by molar-refractivity contribution is 9.10. The van der Waals surface area contributed by atoms with Crippen LogP contribution in [0, 0.1) is 0 Å². The lowest BCUT2D eigenvalue weighted by molar-refractivity contribution is 0.0953. The molecule has 0 saturated heterocycles. The second kappa shape index (κ2) is 9.55. The average molecular weight is 529 g/mol. The molecule has 0 saturated carbocycles. The first-order valence-corrected chi connectivity index (χ1v) is 11.6. The number of hydrogen-bond donors (Lipinski definition) is 2. The summed E-state index contributed by atoms with van der Waals surface area (Å²) in [6, 6.07) is 22.6. The van der Waals surface area contributed by atoms with Gasteiger partial charge in [-0.15, -0.1) is 0 Å². The number of methoxy groups -OCH3 is 1. The molecule has 5 aromatic rings. The van der Waals surface area contributed by atoms with Crippen LogP contribution in [0.2, 0.25) is 0 Å². The van der Waals surface area contributed by atoms with Crippen LogP contribution in [0.3, 0.4) is 0 Å². The van der Waals surface area contributed by atoms with Crippen molar-refractivity contribution in [3.05, 3.63) is 94.0 Å². The van der Waals surface area contributed by atoms with Crippen LogP contribution < -0.4 is 15.8 Å². The molecule has 0 aliphatic heterocycles. The largest absolute Gasteiger partial charge is 0.497 e. The number of anilines is 1. The van der Waals surface area contributed by atoms with Crippen molar-refractivity contribution in [2.45, 2.75) is 6.54 Å². The van der Waals surface area contributed by atoms with Gasteiger partial charge in [-0.1, -0.05) is 52.3 Å². The first kappa shape index (κ1) is 22.5. The van der Waals surface area contributed by atoms with Gasteiger partial charge < -0.3 is 15.8 Å². The molecule has 2 aromatic heterocycles. The van der Waals surface area contributed by atoms with Gasteiger partial charge in [-0.3, -0.25) is 4.79 Å². The van der Waals surface area contributed by atoms with Gasteiger partial charge in [0.15, 0.2) is 5.65 Å². The fourth-order valence-corrected chi connectivity index (χ4v) is 4.13. The highest BCUT2D eigenvalue weighted by atomic mass is 79.9. The van der Waals surface area contributed by atoms with E-state index < -0.39 is 0 Å². The zero-order valence-corrected chi connectivity index (χ0v) is 20.4. The van der Waals surface area contributed by atoms with Crippen molar-refractivity contribution in [1.29, 1.82) is 0 Å². The van der Waals surface area contributed by atoms with Gasteiger partial charge in [0.25, 0.3) is 5.91 Å². The number of benzene rings is 3. The second-order valence-electron chi connectivity index (χ2n) is 7.79. The van der Waals surface area contributed by atoms with Crippen LogP contribution in [0.15, 0.2) is 82.4 Å². The normalized spacial score (nSPS) is 11.4. The molecule has 35 heavy (non-hydrogen) atoms. The van der Waals surface area contributed by atoms with Crippen LogP contribution in [0.4, 0.5) is 5.82 Å². The van der Waals surface area contributed by atoms with Crippen molar-refractivity contribution in [1.82, 2.24) is 20.0 Å². The molecule has 174 valence electrons. The minimum Gasteiger partial charge on any atom is -0.497 e. The third-order valence-corrected chi connectivity index (χ3v) is 5.98. The summed E-state index contributed by atoms with van der Waals surface area (Å²) in [4.78, 5) is 22.7. The summed E-state index contributed by atoms with van der Waals surface area (Å²) in [6.07, 6.45) is 1.66. The number of carbonyl (C=O) groups excluding carboxylic acids is 1. The van der Waals surface area contributed by atoms with Crippen molar-refractivity contribution in [3.63, 3.8) is 0 Å². The maximum absolute atomic E-state index is 13.3. The second-order valence-corrected chi connectivity index (χ2v) is 8.70. The summed E-state index contributed by atoms with van der Waals surface area (Å²) in [5, 5.41) is 7.47. The molecule has 8 nitrogen and oxygen atoms in total. The van der Waals surface area contributed by atoms with E-state index in [4.69, 9.17) is 20.4 Å². The van der Waals surface area contributed by atoms with Crippen LogP contribution >= 0.6 is 15.9 Å². The Morgan fingerprint density at radius 3 is 2.54 bits per heavy atom. The van der Waals surface area contributed by atoms with E-state index >= 15 is 0 Å². The van der Waals surface area contributed by atoms with E-state index in [1.807, 2.05) is 72.8 Å². The Labute approximate surface area is 209 Å². The molecular formula is C26H21BrN6O2. The third kappa shape index (κ3) is 4.58. The fraction of sp³-hybridized carbons (Fsp3) is 0.0769. The Morgan fingerprint density at radius 1 is 1.09 bits per heavy atom. The monoisotopic (exact) mass is 528 g/mol. The summed E-state index contributed by atoms with van der Waals surface area (Å²) in [6.45, 7) is 0.317. The van der Waals surface area contributed by atoms with Gasteiger partial charge in [0.2, 0.25) is 0 Å². The zero-order chi connectivity index (χ0) is 24.4. The molecular weight excluding hydrogens is 508 g/mol. The lowest BCUT2D eigenvalue weighted by Crippen LogP contribution is -2.23. The first-order chi connectivity index (χ1) is 17.0. The first-order valence-electron chi connectivity index (χ1n) is 10.8. The van der Waals surface area contributed by atoms with Crippen molar-refractivity contribution in [2.24, 2.45) is 5.10 Å². The van der Waals surface area contributed by atoms with Gasteiger partial charge in [0, 0.05) is 11.0 Å². The molecule has 0 atom stereocenters. The molecule has 0 spiro atoms. The molecule has 2 heterocycles. The smallest absolute Gasteiger partial charge is 0.257 e. The molecule has 0 bridgehead atoms. The third-order valence-electron chi connectivity index (χ3n) is 5.48. The predicted molar refractivity (Wildman–Crippen MR) is 141 cm³/mol. The number of rotatable bonds is 6. The molecule has 9 heteroatoms.